The highest BCUT2D eigenvalue weighted by Gasteiger charge is 2.27. The quantitative estimate of drug-likeness (QED) is 0.348. The molecular weight excluding hydrogens is 388 g/mol. The van der Waals surface area contributed by atoms with Crippen LogP contribution >= 0.6 is 0 Å². The largest absolute Gasteiger partial charge is 0.493 e. The minimum atomic E-state index is 0.0655. The molecule has 31 heavy (non-hydrogen) atoms. The van der Waals surface area contributed by atoms with Gasteiger partial charge in [-0.15, -0.1) is 0 Å². The van der Waals surface area contributed by atoms with Gasteiger partial charge in [-0.25, -0.2) is 0 Å². The number of carbonyl (C=O) groups is 1. The normalized spacial score (nSPS) is 14.3. The van der Waals surface area contributed by atoms with Crippen LogP contribution in [0.25, 0.3) is 6.08 Å². The minimum Gasteiger partial charge on any atom is -0.493 e. The molecule has 5 heteroatoms. The first-order valence-corrected chi connectivity index (χ1v) is 11.4. The van der Waals surface area contributed by atoms with E-state index >= 15 is 0 Å². The van der Waals surface area contributed by atoms with Gasteiger partial charge in [0, 0.05) is 30.0 Å². The molecule has 1 aliphatic rings. The van der Waals surface area contributed by atoms with E-state index in [1.54, 1.807) is 19.5 Å². The van der Waals surface area contributed by atoms with Crippen molar-refractivity contribution >= 4 is 11.9 Å². The lowest BCUT2D eigenvalue weighted by Gasteiger charge is -2.17. The third-order valence-electron chi connectivity index (χ3n) is 5.87. The Bertz CT molecular complexity index is 889. The van der Waals surface area contributed by atoms with Crippen LogP contribution in [-0.4, -0.2) is 49.0 Å². The Balaban J connectivity index is 1.55. The molecule has 3 rings (SSSR count). The van der Waals surface area contributed by atoms with Gasteiger partial charge in [-0.2, -0.15) is 0 Å². The van der Waals surface area contributed by atoms with Gasteiger partial charge in [0.15, 0.2) is 17.3 Å². The number of hydrogen-bond donors (Lipinski definition) is 0. The number of carbonyl (C=O) groups excluding carboxylic acids is 1. The van der Waals surface area contributed by atoms with E-state index in [4.69, 9.17) is 9.47 Å². The highest BCUT2D eigenvalue weighted by Crippen LogP contribution is 2.37. The first-order chi connectivity index (χ1) is 15.2. The molecule has 1 heterocycles. The van der Waals surface area contributed by atoms with E-state index in [2.05, 4.69) is 23.7 Å². The lowest BCUT2D eigenvalue weighted by molar-refractivity contribution is 0.104. The summed E-state index contributed by atoms with van der Waals surface area (Å²) >= 11 is 0. The second-order valence-electron chi connectivity index (χ2n) is 7.91. The summed E-state index contributed by atoms with van der Waals surface area (Å²) in [5.74, 6) is 1.41. The number of pyridine rings is 1. The molecule has 0 saturated heterocycles. The predicted octanol–water partition coefficient (Wildman–Crippen LogP) is 5.19. The summed E-state index contributed by atoms with van der Waals surface area (Å²) in [4.78, 5) is 19.4. The number of unbranched alkanes of at least 4 members (excludes halogenated alkanes) is 3. The molecule has 0 N–H and O–H groups in total. The Morgan fingerprint density at radius 2 is 1.77 bits per heavy atom. The topological polar surface area (TPSA) is 51.7 Å². The van der Waals surface area contributed by atoms with Crippen LogP contribution in [0.2, 0.25) is 0 Å². The van der Waals surface area contributed by atoms with Gasteiger partial charge in [0.25, 0.3) is 0 Å². The van der Waals surface area contributed by atoms with Crippen LogP contribution in [-0.2, 0) is 6.42 Å². The minimum absolute atomic E-state index is 0.0655. The van der Waals surface area contributed by atoms with Crippen LogP contribution in [0.15, 0.2) is 42.2 Å². The van der Waals surface area contributed by atoms with E-state index in [1.807, 2.05) is 30.3 Å². The third kappa shape index (κ3) is 6.17. The van der Waals surface area contributed by atoms with E-state index in [0.29, 0.717) is 24.5 Å². The van der Waals surface area contributed by atoms with Gasteiger partial charge in [0.05, 0.1) is 13.7 Å². The number of hydrogen-bond acceptors (Lipinski definition) is 5. The first kappa shape index (κ1) is 23.0. The standard InChI is InChI=1S/C26H34N2O3/c1-4-28(5-2)14-8-6-7-9-15-31-25-19-23-21(18-24(25)30-3)17-22(26(23)29)16-20-10-12-27-13-11-20/h10-13,16,18-19H,4-9,14-15,17H2,1-3H3/b22-16-. The van der Waals surface area contributed by atoms with Gasteiger partial charge < -0.3 is 14.4 Å². The first-order valence-electron chi connectivity index (χ1n) is 11.4. The molecule has 5 nitrogen and oxygen atoms in total. The zero-order valence-electron chi connectivity index (χ0n) is 19.0. The summed E-state index contributed by atoms with van der Waals surface area (Å²) < 4.78 is 11.5. The van der Waals surface area contributed by atoms with E-state index in [0.717, 1.165) is 48.2 Å². The molecule has 0 unspecified atom stereocenters. The molecule has 0 saturated carbocycles. The molecule has 0 atom stereocenters. The lowest BCUT2D eigenvalue weighted by Crippen LogP contribution is -2.23. The molecule has 1 aliphatic carbocycles. The second-order valence-corrected chi connectivity index (χ2v) is 7.91. The number of fused-ring (bicyclic) bond motifs is 1. The van der Waals surface area contributed by atoms with Gasteiger partial charge in [-0.1, -0.05) is 26.7 Å². The fourth-order valence-electron chi connectivity index (χ4n) is 3.98. The van der Waals surface area contributed by atoms with Gasteiger partial charge in [0.2, 0.25) is 0 Å². The summed E-state index contributed by atoms with van der Waals surface area (Å²) in [7, 11) is 1.65. The van der Waals surface area contributed by atoms with Crippen LogP contribution in [0, 0.1) is 0 Å². The summed E-state index contributed by atoms with van der Waals surface area (Å²) in [5, 5.41) is 0. The number of benzene rings is 1. The number of aromatic nitrogens is 1. The smallest absolute Gasteiger partial charge is 0.189 e. The molecular formula is C26H34N2O3. The Morgan fingerprint density at radius 3 is 2.48 bits per heavy atom. The van der Waals surface area contributed by atoms with Crippen molar-refractivity contribution in [2.24, 2.45) is 0 Å². The van der Waals surface area contributed by atoms with Crippen molar-refractivity contribution in [1.82, 2.24) is 9.88 Å². The highest BCUT2D eigenvalue weighted by atomic mass is 16.5. The number of ether oxygens (including phenoxy) is 2. The number of rotatable bonds is 12. The van der Waals surface area contributed by atoms with Gasteiger partial charge in [-0.3, -0.25) is 9.78 Å². The van der Waals surface area contributed by atoms with Crippen molar-refractivity contribution in [1.29, 1.82) is 0 Å². The van der Waals surface area contributed by atoms with E-state index < -0.39 is 0 Å². The van der Waals surface area contributed by atoms with E-state index in [-0.39, 0.29) is 5.78 Å². The molecule has 166 valence electrons. The maximum Gasteiger partial charge on any atom is 0.189 e. The Kier molecular flexibility index (Phi) is 8.65. The fraction of sp³-hybridized carbons (Fsp3) is 0.462. The van der Waals surface area contributed by atoms with Crippen LogP contribution in [0.1, 0.15) is 61.0 Å². The maximum atomic E-state index is 12.9. The Labute approximate surface area is 186 Å². The number of Topliss-reactive ketones (excluding diaryl/α,β-unsaturated/α-hetero) is 1. The number of nitrogens with zero attached hydrogens (tertiary/aromatic N) is 2. The zero-order valence-corrected chi connectivity index (χ0v) is 19.0. The van der Waals surface area contributed by atoms with Crippen molar-refractivity contribution in [2.45, 2.75) is 46.0 Å². The molecule has 0 bridgehead atoms. The SMILES string of the molecule is CCN(CC)CCCCCCOc1cc2c(cc1OC)C/C(=C/c1ccncc1)C2=O. The molecule has 2 aromatic rings. The summed E-state index contributed by atoms with van der Waals surface area (Å²) in [5.41, 5.74) is 3.48. The molecule has 1 aromatic heterocycles. The molecule has 0 amide bonds. The number of ketones is 1. The van der Waals surface area contributed by atoms with Crippen molar-refractivity contribution in [2.75, 3.05) is 33.4 Å². The summed E-state index contributed by atoms with van der Waals surface area (Å²) in [6.45, 7) is 8.47. The Morgan fingerprint density at radius 1 is 1.03 bits per heavy atom. The van der Waals surface area contributed by atoms with E-state index in [9.17, 15) is 4.79 Å². The van der Waals surface area contributed by atoms with Crippen LogP contribution < -0.4 is 9.47 Å². The van der Waals surface area contributed by atoms with Crippen LogP contribution in [0.5, 0.6) is 11.5 Å². The van der Waals surface area contributed by atoms with Crippen molar-refractivity contribution in [3.05, 3.63) is 58.9 Å². The van der Waals surface area contributed by atoms with Crippen molar-refractivity contribution < 1.29 is 14.3 Å². The molecule has 1 aromatic carbocycles. The molecule has 0 radical (unpaired) electrons. The van der Waals surface area contributed by atoms with E-state index in [1.165, 1.54) is 19.4 Å². The second kappa shape index (κ2) is 11.7. The average molecular weight is 423 g/mol. The number of allylic oxidation sites excluding steroid dienone is 1. The third-order valence-corrected chi connectivity index (χ3v) is 5.87. The number of methoxy groups -OCH3 is 1. The molecule has 0 spiro atoms. The molecule has 0 aliphatic heterocycles. The zero-order chi connectivity index (χ0) is 22.1. The lowest BCUT2D eigenvalue weighted by atomic mass is 10.1. The Hall–Kier alpha value is -2.66. The average Bonchev–Trinajstić information content (AvgIpc) is 3.10. The monoisotopic (exact) mass is 422 g/mol. The van der Waals surface area contributed by atoms with Gasteiger partial charge >= 0.3 is 0 Å². The van der Waals surface area contributed by atoms with Crippen LogP contribution in [0.3, 0.4) is 0 Å². The fourth-order valence-corrected chi connectivity index (χ4v) is 3.98. The van der Waals surface area contributed by atoms with Crippen LogP contribution in [0.4, 0.5) is 0 Å². The molecule has 0 fully saturated rings. The predicted molar refractivity (Wildman–Crippen MR) is 125 cm³/mol. The maximum absolute atomic E-state index is 12.9. The van der Waals surface area contributed by atoms with Crippen molar-refractivity contribution in [3.63, 3.8) is 0 Å². The summed E-state index contributed by atoms with van der Waals surface area (Å²) in [6.07, 6.45) is 10.6. The van der Waals surface area contributed by atoms with Gasteiger partial charge in [0.1, 0.15) is 0 Å². The van der Waals surface area contributed by atoms with Crippen molar-refractivity contribution in [3.8, 4) is 11.5 Å². The summed E-state index contributed by atoms with van der Waals surface area (Å²) in [6, 6.07) is 7.60. The highest BCUT2D eigenvalue weighted by molar-refractivity contribution is 6.15. The van der Waals surface area contributed by atoms with Gasteiger partial charge in [-0.05, 0) is 73.9 Å².